The standard InChI is InChI=1S/C22H28N4O5S2/c1-13(2)22-24-20(25-31-22)18-10-19(15(4)32-18)33(28,29)26-9-5-6-16(12-26)21(27)23-11-17-8-7-14(3)30-17/h7-8,10,13,16H,5-6,9,11-12H2,1-4H3,(H,23,27)/t16-/m0/s1. The summed E-state index contributed by atoms with van der Waals surface area (Å²) in [5.41, 5.74) is 0. The van der Waals surface area contributed by atoms with Gasteiger partial charge >= 0.3 is 0 Å². The number of piperidine rings is 1. The predicted octanol–water partition coefficient (Wildman–Crippen LogP) is 3.85. The monoisotopic (exact) mass is 492 g/mol. The van der Waals surface area contributed by atoms with Crippen LogP contribution >= 0.6 is 11.3 Å². The van der Waals surface area contributed by atoms with Gasteiger partial charge < -0.3 is 14.3 Å². The maximum atomic E-state index is 13.4. The van der Waals surface area contributed by atoms with Crippen LogP contribution in [-0.2, 0) is 21.4 Å². The summed E-state index contributed by atoms with van der Waals surface area (Å²) in [6, 6.07) is 5.26. The molecule has 1 atom stereocenters. The number of hydrogen-bond donors (Lipinski definition) is 1. The highest BCUT2D eigenvalue weighted by atomic mass is 32.2. The first kappa shape index (κ1) is 23.7. The Morgan fingerprint density at radius 1 is 1.33 bits per heavy atom. The Morgan fingerprint density at radius 2 is 2.12 bits per heavy atom. The van der Waals surface area contributed by atoms with E-state index in [0.717, 1.165) is 5.76 Å². The second-order valence-corrected chi connectivity index (χ2v) is 11.7. The Bertz CT molecular complexity index is 1240. The van der Waals surface area contributed by atoms with Crippen molar-refractivity contribution in [3.63, 3.8) is 0 Å². The van der Waals surface area contributed by atoms with Gasteiger partial charge in [-0.05, 0) is 44.9 Å². The van der Waals surface area contributed by atoms with Crippen LogP contribution in [-0.4, -0.2) is 41.9 Å². The van der Waals surface area contributed by atoms with Gasteiger partial charge in [0.2, 0.25) is 27.6 Å². The first-order valence-electron chi connectivity index (χ1n) is 10.9. The van der Waals surface area contributed by atoms with Crippen molar-refractivity contribution in [3.05, 3.63) is 40.5 Å². The maximum Gasteiger partial charge on any atom is 0.244 e. The lowest BCUT2D eigenvalue weighted by molar-refractivity contribution is -0.126. The first-order valence-corrected chi connectivity index (χ1v) is 13.2. The second-order valence-electron chi connectivity index (χ2n) is 8.57. The number of nitrogens with one attached hydrogen (secondary N) is 1. The van der Waals surface area contributed by atoms with Crippen LogP contribution in [0.4, 0.5) is 0 Å². The minimum Gasteiger partial charge on any atom is -0.465 e. The number of sulfonamides is 1. The molecule has 0 unspecified atom stereocenters. The third kappa shape index (κ3) is 5.04. The van der Waals surface area contributed by atoms with Crippen LogP contribution in [0.25, 0.3) is 10.7 Å². The van der Waals surface area contributed by atoms with Crippen molar-refractivity contribution in [2.75, 3.05) is 13.1 Å². The molecular formula is C22H28N4O5S2. The zero-order valence-corrected chi connectivity index (χ0v) is 20.8. The molecule has 1 aliphatic rings. The number of aromatic nitrogens is 2. The zero-order chi connectivity index (χ0) is 23.8. The molecule has 0 radical (unpaired) electrons. The molecular weight excluding hydrogens is 464 g/mol. The lowest BCUT2D eigenvalue weighted by atomic mass is 9.99. The summed E-state index contributed by atoms with van der Waals surface area (Å²) in [7, 11) is -3.76. The molecule has 1 N–H and O–H groups in total. The largest absolute Gasteiger partial charge is 0.465 e. The Labute approximate surface area is 197 Å². The molecule has 4 heterocycles. The van der Waals surface area contributed by atoms with Gasteiger partial charge in [-0.3, -0.25) is 4.79 Å². The van der Waals surface area contributed by atoms with E-state index in [2.05, 4.69) is 15.5 Å². The third-order valence-electron chi connectivity index (χ3n) is 5.63. The highest BCUT2D eigenvalue weighted by molar-refractivity contribution is 7.89. The fourth-order valence-corrected chi connectivity index (χ4v) is 6.82. The predicted molar refractivity (Wildman–Crippen MR) is 123 cm³/mol. The normalized spacial score (nSPS) is 17.5. The number of furan rings is 1. The quantitative estimate of drug-likeness (QED) is 0.532. The molecule has 3 aromatic rings. The van der Waals surface area contributed by atoms with Gasteiger partial charge in [0.15, 0.2) is 0 Å². The Hall–Kier alpha value is -2.50. The summed E-state index contributed by atoms with van der Waals surface area (Å²) in [4.78, 5) is 18.6. The molecule has 11 heteroatoms. The van der Waals surface area contributed by atoms with Gasteiger partial charge in [-0.25, -0.2) is 8.42 Å². The number of thiophene rings is 1. The number of rotatable bonds is 7. The molecule has 1 saturated heterocycles. The summed E-state index contributed by atoms with van der Waals surface area (Å²) in [5, 5.41) is 6.86. The highest BCUT2D eigenvalue weighted by Gasteiger charge is 2.35. The lowest BCUT2D eigenvalue weighted by Crippen LogP contribution is -2.45. The topological polar surface area (TPSA) is 119 Å². The van der Waals surface area contributed by atoms with Gasteiger partial charge in [0, 0.05) is 23.9 Å². The summed E-state index contributed by atoms with van der Waals surface area (Å²) < 4.78 is 39.0. The second kappa shape index (κ2) is 9.40. The molecule has 178 valence electrons. The van der Waals surface area contributed by atoms with Crippen LogP contribution in [0.5, 0.6) is 0 Å². The van der Waals surface area contributed by atoms with Crippen LogP contribution in [0.15, 0.2) is 32.0 Å². The first-order chi connectivity index (χ1) is 15.6. The molecule has 0 aliphatic carbocycles. The molecule has 0 aromatic carbocycles. The van der Waals surface area contributed by atoms with Crippen molar-refractivity contribution in [1.82, 2.24) is 19.8 Å². The number of amides is 1. The molecule has 1 fully saturated rings. The van der Waals surface area contributed by atoms with Crippen molar-refractivity contribution in [1.29, 1.82) is 0 Å². The average Bonchev–Trinajstić information content (AvgIpc) is 3.52. The Balaban J connectivity index is 1.47. The van der Waals surface area contributed by atoms with E-state index in [1.807, 2.05) is 32.9 Å². The molecule has 33 heavy (non-hydrogen) atoms. The third-order valence-corrected chi connectivity index (χ3v) is 8.80. The number of carbonyl (C=O) groups is 1. The Morgan fingerprint density at radius 3 is 2.79 bits per heavy atom. The van der Waals surface area contributed by atoms with Crippen molar-refractivity contribution >= 4 is 27.3 Å². The molecule has 0 saturated carbocycles. The molecule has 0 bridgehead atoms. The van der Waals surface area contributed by atoms with Crippen LogP contribution in [0.3, 0.4) is 0 Å². The van der Waals surface area contributed by atoms with E-state index in [4.69, 9.17) is 8.94 Å². The molecule has 9 nitrogen and oxygen atoms in total. The molecule has 3 aromatic heterocycles. The van der Waals surface area contributed by atoms with Gasteiger partial charge in [0.1, 0.15) is 11.5 Å². The minimum absolute atomic E-state index is 0.0868. The van der Waals surface area contributed by atoms with E-state index in [9.17, 15) is 13.2 Å². The van der Waals surface area contributed by atoms with E-state index in [1.165, 1.54) is 15.6 Å². The number of hydrogen-bond acceptors (Lipinski definition) is 8. The van der Waals surface area contributed by atoms with Crippen molar-refractivity contribution in [2.24, 2.45) is 5.92 Å². The number of nitrogens with zero attached hydrogens (tertiary/aromatic N) is 3. The van der Waals surface area contributed by atoms with E-state index in [-0.39, 0.29) is 29.8 Å². The number of carbonyl (C=O) groups excluding carboxylic acids is 1. The van der Waals surface area contributed by atoms with Gasteiger partial charge in [-0.2, -0.15) is 9.29 Å². The van der Waals surface area contributed by atoms with Gasteiger partial charge in [-0.15, -0.1) is 11.3 Å². The smallest absolute Gasteiger partial charge is 0.244 e. The average molecular weight is 493 g/mol. The van der Waals surface area contributed by atoms with Crippen LogP contribution in [0.2, 0.25) is 0 Å². The van der Waals surface area contributed by atoms with Gasteiger partial charge in [0.05, 0.1) is 22.2 Å². The van der Waals surface area contributed by atoms with E-state index in [1.54, 1.807) is 13.0 Å². The molecule has 4 rings (SSSR count). The van der Waals surface area contributed by atoms with Crippen LogP contribution in [0.1, 0.15) is 54.9 Å². The van der Waals surface area contributed by atoms with Crippen molar-refractivity contribution < 1.29 is 22.2 Å². The van der Waals surface area contributed by atoms with Gasteiger partial charge in [0.25, 0.3) is 0 Å². The fourth-order valence-electron chi connectivity index (χ4n) is 3.81. The van der Waals surface area contributed by atoms with E-state index >= 15 is 0 Å². The van der Waals surface area contributed by atoms with Crippen molar-refractivity contribution in [2.45, 2.75) is 57.9 Å². The van der Waals surface area contributed by atoms with Gasteiger partial charge in [-0.1, -0.05) is 19.0 Å². The Kier molecular flexibility index (Phi) is 6.73. The highest BCUT2D eigenvalue weighted by Crippen LogP contribution is 2.35. The zero-order valence-electron chi connectivity index (χ0n) is 19.1. The molecule has 1 amide bonds. The molecule has 0 spiro atoms. The fraction of sp³-hybridized carbons (Fsp3) is 0.500. The summed E-state index contributed by atoms with van der Waals surface area (Å²) in [5.74, 6) is 1.86. The SMILES string of the molecule is Cc1ccc(CNC(=O)[C@H]2CCCN(S(=O)(=O)c3cc(-c4noc(C(C)C)n4)sc3C)C2)o1. The minimum atomic E-state index is -3.76. The maximum absolute atomic E-state index is 13.4. The summed E-state index contributed by atoms with van der Waals surface area (Å²) in [6.45, 7) is 8.32. The summed E-state index contributed by atoms with van der Waals surface area (Å²) in [6.07, 6.45) is 1.26. The lowest BCUT2D eigenvalue weighted by Gasteiger charge is -2.31. The molecule has 1 aliphatic heterocycles. The summed E-state index contributed by atoms with van der Waals surface area (Å²) >= 11 is 1.32. The van der Waals surface area contributed by atoms with E-state index < -0.39 is 15.9 Å². The van der Waals surface area contributed by atoms with Crippen LogP contribution < -0.4 is 5.32 Å². The van der Waals surface area contributed by atoms with Crippen LogP contribution in [0, 0.1) is 19.8 Å². The van der Waals surface area contributed by atoms with Crippen molar-refractivity contribution in [3.8, 4) is 10.7 Å². The van der Waals surface area contributed by atoms with E-state index in [0.29, 0.717) is 46.6 Å². The number of aryl methyl sites for hydroxylation is 2.